The second-order valence-corrected chi connectivity index (χ2v) is 13.9. The fourth-order valence-electron chi connectivity index (χ4n) is 7.35. The predicted molar refractivity (Wildman–Crippen MR) is 171 cm³/mol. The molecule has 2 saturated heterocycles. The van der Waals surface area contributed by atoms with E-state index in [1.807, 2.05) is 24.4 Å². The first-order chi connectivity index (χ1) is 22.3. The van der Waals surface area contributed by atoms with Crippen LogP contribution in [0.25, 0.3) is 22.2 Å². The Hall–Kier alpha value is -4.11. The maximum absolute atomic E-state index is 12.9. The maximum Gasteiger partial charge on any atom is 0.265 e. The van der Waals surface area contributed by atoms with Gasteiger partial charge >= 0.3 is 0 Å². The van der Waals surface area contributed by atoms with Gasteiger partial charge in [0, 0.05) is 41.8 Å². The number of hydrogen-bond acceptors (Lipinski definition) is 9. The van der Waals surface area contributed by atoms with Crippen molar-refractivity contribution in [1.29, 1.82) is 5.26 Å². The summed E-state index contributed by atoms with van der Waals surface area (Å²) in [5, 5.41) is 16.8. The number of carbonyl (C=O) groups is 1. The van der Waals surface area contributed by atoms with E-state index in [-0.39, 0.29) is 30.5 Å². The Morgan fingerprint density at radius 1 is 1.17 bits per heavy atom. The lowest BCUT2D eigenvalue weighted by Gasteiger charge is -2.45. The van der Waals surface area contributed by atoms with Gasteiger partial charge in [-0.25, -0.2) is 19.6 Å². The Kier molecular flexibility index (Phi) is 7.20. The number of anilines is 1. The second-order valence-electron chi connectivity index (χ2n) is 13.4. The van der Waals surface area contributed by atoms with Crippen molar-refractivity contribution in [2.75, 3.05) is 37.8 Å². The first-order valence-electron chi connectivity index (χ1n) is 16.0. The molecule has 1 spiro atoms. The number of hydrogen-bond donors (Lipinski definition) is 0. The molecule has 3 aromatic heterocycles. The lowest BCUT2D eigenvalue weighted by molar-refractivity contribution is -0.121. The van der Waals surface area contributed by atoms with Crippen LogP contribution in [0.3, 0.4) is 0 Å². The molecule has 3 aliphatic heterocycles. The molecule has 1 aliphatic carbocycles. The number of carbonyl (C=O) groups excluding carboxylic acids is 1. The van der Waals surface area contributed by atoms with Gasteiger partial charge in [0.15, 0.2) is 12.3 Å². The Bertz CT molecular complexity index is 1880. The first kappa shape index (κ1) is 29.3. The number of likely N-dealkylation sites (tertiary alicyclic amines) is 1. The molecular weight excluding hydrogens is 604 g/mol. The molecule has 0 N–H and O–H groups in total. The van der Waals surface area contributed by atoms with Crippen LogP contribution in [0.15, 0.2) is 36.8 Å². The number of fused-ring (bicyclic) bond motifs is 2. The lowest BCUT2D eigenvalue weighted by Crippen LogP contribution is -2.55. The Morgan fingerprint density at radius 3 is 2.67 bits per heavy atom. The molecule has 1 unspecified atom stereocenters. The zero-order valence-corrected chi connectivity index (χ0v) is 26.7. The highest BCUT2D eigenvalue weighted by Crippen LogP contribution is 2.58. The summed E-state index contributed by atoms with van der Waals surface area (Å²) in [6.07, 6.45) is 8.97. The number of nitrogens with zero attached hydrogens (tertiary/aromatic N) is 8. The van der Waals surface area contributed by atoms with Crippen molar-refractivity contribution in [2.24, 2.45) is 11.3 Å². The van der Waals surface area contributed by atoms with Crippen molar-refractivity contribution in [3.63, 3.8) is 0 Å². The molecule has 1 aromatic carbocycles. The monoisotopic (exact) mass is 638 g/mol. The molecule has 4 aliphatic rings. The zero-order chi connectivity index (χ0) is 31.6. The minimum atomic E-state index is -0.187. The van der Waals surface area contributed by atoms with E-state index in [0.717, 1.165) is 60.6 Å². The molecule has 236 valence electrons. The van der Waals surface area contributed by atoms with Gasteiger partial charge < -0.3 is 9.47 Å². The highest BCUT2D eigenvalue weighted by Gasteiger charge is 2.55. The van der Waals surface area contributed by atoms with Gasteiger partial charge in [-0.2, -0.15) is 10.4 Å². The van der Waals surface area contributed by atoms with Crippen molar-refractivity contribution in [1.82, 2.24) is 29.6 Å². The van der Waals surface area contributed by atoms with Gasteiger partial charge in [0.25, 0.3) is 5.91 Å². The van der Waals surface area contributed by atoms with Crippen molar-refractivity contribution in [3.8, 4) is 22.9 Å². The molecule has 3 fully saturated rings. The SMILES string of the molecule is CC(C)Cc1nc2c(cnn2C2CCN(C3COC3)CC23CC3)c(-c2ccc3c(c2)OCC(=O)N3Cc2ncc(Cl)cn2)c1C#N. The van der Waals surface area contributed by atoms with Gasteiger partial charge in [-0.3, -0.25) is 14.6 Å². The average Bonchev–Trinajstić information content (AvgIpc) is 3.65. The molecule has 11 nitrogen and oxygen atoms in total. The van der Waals surface area contributed by atoms with E-state index in [1.165, 1.54) is 25.2 Å². The lowest BCUT2D eigenvalue weighted by atomic mass is 9.87. The highest BCUT2D eigenvalue weighted by atomic mass is 35.5. The van der Waals surface area contributed by atoms with Crippen molar-refractivity contribution >= 4 is 34.2 Å². The van der Waals surface area contributed by atoms with Gasteiger partial charge in [0.2, 0.25) is 0 Å². The summed E-state index contributed by atoms with van der Waals surface area (Å²) in [5.41, 5.74) is 4.62. The summed E-state index contributed by atoms with van der Waals surface area (Å²) in [7, 11) is 0. The van der Waals surface area contributed by atoms with E-state index >= 15 is 0 Å². The van der Waals surface area contributed by atoms with Gasteiger partial charge in [0.1, 0.15) is 17.6 Å². The molecule has 6 heterocycles. The third-order valence-electron chi connectivity index (χ3n) is 9.94. The third-order valence-corrected chi connectivity index (χ3v) is 10.1. The number of amides is 1. The summed E-state index contributed by atoms with van der Waals surface area (Å²) < 4.78 is 13.6. The minimum absolute atomic E-state index is 0.106. The van der Waals surface area contributed by atoms with Gasteiger partial charge in [-0.05, 0) is 49.3 Å². The quantitative estimate of drug-likeness (QED) is 0.276. The van der Waals surface area contributed by atoms with E-state index < -0.39 is 0 Å². The van der Waals surface area contributed by atoms with Crippen LogP contribution in [0, 0.1) is 22.7 Å². The Morgan fingerprint density at radius 2 is 1.98 bits per heavy atom. The van der Waals surface area contributed by atoms with Crippen LogP contribution >= 0.6 is 11.6 Å². The van der Waals surface area contributed by atoms with E-state index in [4.69, 9.17) is 31.2 Å². The molecule has 1 saturated carbocycles. The average molecular weight is 639 g/mol. The topological polar surface area (TPSA) is 122 Å². The summed E-state index contributed by atoms with van der Waals surface area (Å²) in [5.74, 6) is 1.16. The second kappa shape index (κ2) is 11.3. The largest absolute Gasteiger partial charge is 0.482 e. The van der Waals surface area contributed by atoms with Crippen LogP contribution in [0.4, 0.5) is 5.69 Å². The number of pyridine rings is 1. The summed E-state index contributed by atoms with van der Waals surface area (Å²) in [6.45, 7) is 8.11. The van der Waals surface area contributed by atoms with Gasteiger partial charge in [-0.15, -0.1) is 0 Å². The van der Waals surface area contributed by atoms with Crippen molar-refractivity contribution in [2.45, 2.75) is 58.2 Å². The van der Waals surface area contributed by atoms with Crippen molar-refractivity contribution < 1.29 is 14.3 Å². The van der Waals surface area contributed by atoms with E-state index in [2.05, 4.69) is 39.5 Å². The molecule has 0 radical (unpaired) electrons. The molecule has 0 bridgehead atoms. The molecule has 46 heavy (non-hydrogen) atoms. The number of nitriles is 1. The molecule has 12 heteroatoms. The Balaban J connectivity index is 1.20. The van der Waals surface area contributed by atoms with Crippen molar-refractivity contribution in [3.05, 3.63) is 58.9 Å². The molecule has 8 rings (SSSR count). The standard InChI is InChI=1S/C34H35ClN8O3/c1-20(2)9-26-24(11-36)32(21-3-4-27-28(10-21)46-18-31(44)42(27)15-30-37-12-22(35)13-38-30)25-14-39-43(33(25)40-26)29-5-8-41(23-16-45-17-23)19-34(29)6-7-34/h3-4,10,12-14,20,23,29H,5-9,15-19H2,1-2H3. The third kappa shape index (κ3) is 5.00. The Labute approximate surface area is 272 Å². The highest BCUT2D eigenvalue weighted by molar-refractivity contribution is 6.30. The number of aromatic nitrogens is 5. The molecular formula is C34H35ClN8O3. The smallest absolute Gasteiger partial charge is 0.265 e. The molecule has 4 aromatic rings. The summed E-state index contributed by atoms with van der Waals surface area (Å²) >= 11 is 5.97. The van der Waals surface area contributed by atoms with Crippen LogP contribution in [0.1, 0.15) is 56.2 Å². The predicted octanol–water partition coefficient (Wildman–Crippen LogP) is 4.96. The number of rotatable bonds is 7. The van der Waals surface area contributed by atoms with Crippen LogP contribution in [-0.4, -0.2) is 74.5 Å². The number of ether oxygens (including phenoxy) is 2. The number of halogens is 1. The fourth-order valence-corrected chi connectivity index (χ4v) is 7.44. The van der Waals surface area contributed by atoms with Crippen LogP contribution < -0.4 is 9.64 Å². The minimum Gasteiger partial charge on any atom is -0.482 e. The van der Waals surface area contributed by atoms with Crippen LogP contribution in [0.2, 0.25) is 5.02 Å². The van der Waals surface area contributed by atoms with Gasteiger partial charge in [-0.1, -0.05) is 31.5 Å². The van der Waals surface area contributed by atoms with E-state index in [0.29, 0.717) is 46.2 Å². The number of benzene rings is 1. The van der Waals surface area contributed by atoms with Crippen LogP contribution in [-0.2, 0) is 22.5 Å². The zero-order valence-electron chi connectivity index (χ0n) is 25.9. The summed E-state index contributed by atoms with van der Waals surface area (Å²) in [4.78, 5) is 30.9. The summed E-state index contributed by atoms with van der Waals surface area (Å²) in [6, 6.07) is 9.02. The molecule has 1 atom stereocenters. The van der Waals surface area contributed by atoms with E-state index in [9.17, 15) is 10.1 Å². The maximum atomic E-state index is 12.9. The first-order valence-corrected chi connectivity index (χ1v) is 16.4. The van der Waals surface area contributed by atoms with E-state index in [1.54, 1.807) is 4.90 Å². The normalized spacial score (nSPS) is 20.9. The number of piperidine rings is 1. The molecule has 1 amide bonds. The van der Waals surface area contributed by atoms with Gasteiger partial charge in [0.05, 0.1) is 60.0 Å². The fraction of sp³-hybridized carbons (Fsp3) is 0.471. The van der Waals surface area contributed by atoms with Crippen LogP contribution in [0.5, 0.6) is 5.75 Å².